The van der Waals surface area contributed by atoms with Crippen molar-refractivity contribution in [3.63, 3.8) is 0 Å². The van der Waals surface area contributed by atoms with Crippen LogP contribution in [0.4, 0.5) is 0 Å². The molecule has 114 valence electrons. The number of hydrogen-bond acceptors (Lipinski definition) is 3. The number of nitrogens with zero attached hydrogens (tertiary/aromatic N) is 2. The number of nitrogens with one attached hydrogen (secondary N) is 1. The Morgan fingerprint density at radius 3 is 2.65 bits per heavy atom. The van der Waals surface area contributed by atoms with E-state index in [0.29, 0.717) is 19.0 Å². The molecule has 0 unspecified atom stereocenters. The van der Waals surface area contributed by atoms with Crippen LogP contribution in [0, 0.1) is 0 Å². The third kappa shape index (κ3) is 3.95. The predicted molar refractivity (Wildman–Crippen MR) is 78.3 cm³/mol. The first-order valence-corrected chi connectivity index (χ1v) is 7.88. The van der Waals surface area contributed by atoms with Crippen LogP contribution in [0.25, 0.3) is 0 Å². The van der Waals surface area contributed by atoms with Crippen molar-refractivity contribution in [1.29, 1.82) is 0 Å². The average molecular weight is 281 g/mol. The maximum atomic E-state index is 12.0. The van der Waals surface area contributed by atoms with Crippen LogP contribution in [0.2, 0.25) is 0 Å². The van der Waals surface area contributed by atoms with Crippen molar-refractivity contribution in [3.8, 4) is 0 Å². The van der Waals surface area contributed by atoms with Gasteiger partial charge in [-0.15, -0.1) is 0 Å². The Morgan fingerprint density at radius 1 is 1.35 bits per heavy atom. The van der Waals surface area contributed by atoms with E-state index in [2.05, 4.69) is 17.1 Å². The molecule has 0 spiro atoms. The van der Waals surface area contributed by atoms with Crippen molar-refractivity contribution in [3.05, 3.63) is 0 Å². The summed E-state index contributed by atoms with van der Waals surface area (Å²) in [6, 6.07) is 0.582. The lowest BCUT2D eigenvalue weighted by atomic mass is 10.1. The van der Waals surface area contributed by atoms with E-state index in [4.69, 9.17) is 0 Å². The Morgan fingerprint density at radius 2 is 2.05 bits per heavy atom. The molecule has 0 aromatic carbocycles. The highest BCUT2D eigenvalue weighted by molar-refractivity contribution is 5.86. The van der Waals surface area contributed by atoms with Crippen molar-refractivity contribution < 1.29 is 9.59 Å². The lowest BCUT2D eigenvalue weighted by molar-refractivity contribution is -0.134. The smallest absolute Gasteiger partial charge is 0.239 e. The van der Waals surface area contributed by atoms with E-state index < -0.39 is 0 Å². The number of likely N-dealkylation sites (tertiary alicyclic amines) is 2. The highest BCUT2D eigenvalue weighted by atomic mass is 16.2. The van der Waals surface area contributed by atoms with E-state index >= 15 is 0 Å². The molecule has 2 rings (SSSR count). The van der Waals surface area contributed by atoms with Gasteiger partial charge in [-0.25, -0.2) is 0 Å². The summed E-state index contributed by atoms with van der Waals surface area (Å²) in [6.45, 7) is 7.34. The minimum atomic E-state index is -0.0315. The van der Waals surface area contributed by atoms with Gasteiger partial charge < -0.3 is 10.2 Å². The Balaban J connectivity index is 1.70. The second kappa shape index (κ2) is 7.07. The molecule has 2 aliphatic heterocycles. The second-order valence-corrected chi connectivity index (χ2v) is 6.16. The number of carbonyl (C=O) groups excluding carboxylic acids is 2. The maximum Gasteiger partial charge on any atom is 0.239 e. The average Bonchev–Trinajstić information content (AvgIpc) is 2.77. The first-order valence-electron chi connectivity index (χ1n) is 7.88. The standard InChI is InChI=1S/C15H27N3O2/c1-12-6-7-15(20)18(12)11-14(19)16-10-13(2)17-8-4-3-5-9-17/h12-13H,3-11H2,1-2H3,(H,16,19)/t12-,13-/m0/s1. The van der Waals surface area contributed by atoms with Crippen LogP contribution in [-0.4, -0.2) is 59.9 Å². The molecule has 0 saturated carbocycles. The van der Waals surface area contributed by atoms with Crippen molar-refractivity contribution >= 4 is 11.8 Å². The Bertz CT molecular complexity index is 353. The SMILES string of the molecule is C[C@@H](CNC(=O)CN1C(=O)CC[C@@H]1C)N1CCCCC1. The number of carbonyl (C=O) groups is 2. The van der Waals surface area contributed by atoms with E-state index in [-0.39, 0.29) is 24.4 Å². The fourth-order valence-corrected chi connectivity index (χ4v) is 3.08. The molecule has 5 nitrogen and oxygen atoms in total. The van der Waals surface area contributed by atoms with Crippen LogP contribution in [0.5, 0.6) is 0 Å². The summed E-state index contributed by atoms with van der Waals surface area (Å²) in [6.07, 6.45) is 5.30. The molecule has 0 aromatic rings. The first-order chi connectivity index (χ1) is 9.58. The molecule has 2 amide bonds. The molecule has 0 aromatic heterocycles. The first kappa shape index (κ1) is 15.3. The van der Waals surface area contributed by atoms with Crippen molar-refractivity contribution in [2.45, 2.75) is 58.0 Å². The summed E-state index contributed by atoms with van der Waals surface area (Å²) in [7, 11) is 0. The normalized spacial score (nSPS) is 25.8. The van der Waals surface area contributed by atoms with Crippen LogP contribution in [-0.2, 0) is 9.59 Å². The lowest BCUT2D eigenvalue weighted by Gasteiger charge is -2.32. The molecule has 2 heterocycles. The molecule has 2 fully saturated rings. The van der Waals surface area contributed by atoms with E-state index in [0.717, 1.165) is 19.5 Å². The van der Waals surface area contributed by atoms with Gasteiger partial charge in [0.1, 0.15) is 0 Å². The van der Waals surface area contributed by atoms with Crippen molar-refractivity contribution in [2.75, 3.05) is 26.2 Å². The molecule has 2 saturated heterocycles. The van der Waals surface area contributed by atoms with Gasteiger partial charge in [-0.05, 0) is 46.2 Å². The molecule has 0 aliphatic carbocycles. The number of piperidine rings is 1. The van der Waals surface area contributed by atoms with Crippen LogP contribution < -0.4 is 5.32 Å². The predicted octanol–water partition coefficient (Wildman–Crippen LogP) is 0.988. The van der Waals surface area contributed by atoms with Crippen LogP contribution in [0.1, 0.15) is 46.0 Å². The van der Waals surface area contributed by atoms with Gasteiger partial charge in [-0.3, -0.25) is 14.5 Å². The van der Waals surface area contributed by atoms with Gasteiger partial charge in [0.15, 0.2) is 0 Å². The van der Waals surface area contributed by atoms with Gasteiger partial charge in [0, 0.05) is 25.0 Å². The van der Waals surface area contributed by atoms with Gasteiger partial charge >= 0.3 is 0 Å². The zero-order valence-corrected chi connectivity index (χ0v) is 12.7. The summed E-state index contributed by atoms with van der Waals surface area (Å²) in [5, 5.41) is 2.97. The number of amides is 2. The van der Waals surface area contributed by atoms with Gasteiger partial charge in [-0.2, -0.15) is 0 Å². The molecule has 2 atom stereocenters. The van der Waals surface area contributed by atoms with Gasteiger partial charge in [-0.1, -0.05) is 6.42 Å². The monoisotopic (exact) mass is 281 g/mol. The van der Waals surface area contributed by atoms with Crippen LogP contribution in [0.3, 0.4) is 0 Å². The zero-order valence-electron chi connectivity index (χ0n) is 12.7. The fraction of sp³-hybridized carbons (Fsp3) is 0.867. The number of rotatable bonds is 5. The third-order valence-corrected chi connectivity index (χ3v) is 4.55. The Labute approximate surface area is 121 Å². The molecule has 20 heavy (non-hydrogen) atoms. The Kier molecular flexibility index (Phi) is 5.40. The third-order valence-electron chi connectivity index (χ3n) is 4.55. The maximum absolute atomic E-state index is 12.0. The molecule has 2 aliphatic rings. The number of hydrogen-bond donors (Lipinski definition) is 1. The summed E-state index contributed by atoms with van der Waals surface area (Å²) < 4.78 is 0. The molecule has 0 bridgehead atoms. The summed E-state index contributed by atoms with van der Waals surface area (Å²) in [4.78, 5) is 27.7. The highest BCUT2D eigenvalue weighted by Crippen LogP contribution is 2.17. The molecule has 0 radical (unpaired) electrons. The van der Waals surface area contributed by atoms with Crippen LogP contribution >= 0.6 is 0 Å². The highest BCUT2D eigenvalue weighted by Gasteiger charge is 2.29. The molecular formula is C15H27N3O2. The molecule has 5 heteroatoms. The largest absolute Gasteiger partial charge is 0.353 e. The van der Waals surface area contributed by atoms with E-state index in [1.807, 2.05) is 6.92 Å². The summed E-state index contributed by atoms with van der Waals surface area (Å²) in [5.41, 5.74) is 0. The minimum absolute atomic E-state index is 0.0315. The van der Waals surface area contributed by atoms with Crippen molar-refractivity contribution in [2.24, 2.45) is 0 Å². The Hall–Kier alpha value is -1.10. The molecule has 1 N–H and O–H groups in total. The topological polar surface area (TPSA) is 52.7 Å². The van der Waals surface area contributed by atoms with E-state index in [9.17, 15) is 9.59 Å². The lowest BCUT2D eigenvalue weighted by Crippen LogP contribution is -2.47. The van der Waals surface area contributed by atoms with E-state index in [1.54, 1.807) is 4.90 Å². The summed E-state index contributed by atoms with van der Waals surface area (Å²) >= 11 is 0. The van der Waals surface area contributed by atoms with Crippen molar-refractivity contribution in [1.82, 2.24) is 15.1 Å². The zero-order chi connectivity index (χ0) is 14.5. The van der Waals surface area contributed by atoms with Gasteiger partial charge in [0.25, 0.3) is 0 Å². The van der Waals surface area contributed by atoms with Gasteiger partial charge in [0.05, 0.1) is 6.54 Å². The minimum Gasteiger partial charge on any atom is -0.353 e. The van der Waals surface area contributed by atoms with E-state index in [1.165, 1.54) is 19.3 Å². The molecular weight excluding hydrogens is 254 g/mol. The quantitative estimate of drug-likeness (QED) is 0.817. The second-order valence-electron chi connectivity index (χ2n) is 6.16. The van der Waals surface area contributed by atoms with Crippen LogP contribution in [0.15, 0.2) is 0 Å². The van der Waals surface area contributed by atoms with Gasteiger partial charge in [0.2, 0.25) is 11.8 Å². The summed E-state index contributed by atoms with van der Waals surface area (Å²) in [5.74, 6) is 0.0766. The fourth-order valence-electron chi connectivity index (χ4n) is 3.08.